The number of para-hydroxylation sites is 2. The highest BCUT2D eigenvalue weighted by atomic mass is 32.2. The number of amides is 1. The molecule has 0 aliphatic heterocycles. The Kier molecular flexibility index (Phi) is 7.24. The van der Waals surface area contributed by atoms with Gasteiger partial charge in [0, 0.05) is 0 Å². The van der Waals surface area contributed by atoms with Crippen molar-refractivity contribution < 1.29 is 17.9 Å². The summed E-state index contributed by atoms with van der Waals surface area (Å²) >= 11 is 0. The normalized spacial score (nSPS) is 11.3. The van der Waals surface area contributed by atoms with E-state index in [1.54, 1.807) is 30.3 Å². The zero-order valence-electron chi connectivity index (χ0n) is 15.9. The number of nitrogens with zero attached hydrogens (tertiary/aromatic N) is 1. The van der Waals surface area contributed by atoms with Crippen LogP contribution in [0.3, 0.4) is 0 Å². The topological polar surface area (TPSA) is 75.7 Å². The number of anilines is 1. The summed E-state index contributed by atoms with van der Waals surface area (Å²) in [6, 6.07) is 16.3. The molecule has 0 saturated carbocycles. The number of hydrogen-bond donors (Lipinski definition) is 1. The summed E-state index contributed by atoms with van der Waals surface area (Å²) in [5, 5.41) is 2.70. The molecular weight excluding hydrogens is 364 g/mol. The molecule has 0 heterocycles. The van der Waals surface area contributed by atoms with Crippen LogP contribution >= 0.6 is 0 Å². The van der Waals surface area contributed by atoms with Gasteiger partial charge in [0.25, 0.3) is 0 Å². The Hall–Kier alpha value is -2.54. The standard InChI is InChI=1S/C20H26N2O4S/c1-16(2)18-11-7-8-12-19(18)26-14-13-21-20(23)15-22(27(3,24)25)17-9-5-4-6-10-17/h4-12,16H,13-15H2,1-3H3,(H,21,23). The minimum atomic E-state index is -3.56. The van der Waals surface area contributed by atoms with E-state index in [2.05, 4.69) is 19.2 Å². The first-order valence-electron chi connectivity index (χ1n) is 8.80. The maximum Gasteiger partial charge on any atom is 0.240 e. The number of rotatable bonds is 9. The van der Waals surface area contributed by atoms with Crippen LogP contribution in [0, 0.1) is 0 Å². The van der Waals surface area contributed by atoms with Crippen molar-refractivity contribution in [3.63, 3.8) is 0 Å². The molecule has 27 heavy (non-hydrogen) atoms. The second kappa shape index (κ2) is 9.41. The summed E-state index contributed by atoms with van der Waals surface area (Å²) in [7, 11) is -3.56. The largest absolute Gasteiger partial charge is 0.491 e. The van der Waals surface area contributed by atoms with Crippen molar-refractivity contribution >= 4 is 21.6 Å². The van der Waals surface area contributed by atoms with E-state index in [0.717, 1.165) is 21.9 Å². The summed E-state index contributed by atoms with van der Waals surface area (Å²) in [6.45, 7) is 4.50. The van der Waals surface area contributed by atoms with Gasteiger partial charge in [-0.05, 0) is 29.7 Å². The van der Waals surface area contributed by atoms with E-state index in [-0.39, 0.29) is 19.0 Å². The predicted molar refractivity (Wildman–Crippen MR) is 108 cm³/mol. The Morgan fingerprint density at radius 2 is 1.70 bits per heavy atom. The SMILES string of the molecule is CC(C)c1ccccc1OCCNC(=O)CN(c1ccccc1)S(C)(=O)=O. The van der Waals surface area contributed by atoms with Crippen LogP contribution in [-0.4, -0.2) is 40.3 Å². The fraction of sp³-hybridized carbons (Fsp3) is 0.350. The molecule has 2 aromatic carbocycles. The predicted octanol–water partition coefficient (Wildman–Crippen LogP) is 2.77. The van der Waals surface area contributed by atoms with Crippen LogP contribution in [0.4, 0.5) is 5.69 Å². The molecule has 0 aromatic heterocycles. The van der Waals surface area contributed by atoms with Crippen LogP contribution in [-0.2, 0) is 14.8 Å². The summed E-state index contributed by atoms with van der Waals surface area (Å²) in [4.78, 5) is 12.2. The minimum absolute atomic E-state index is 0.272. The highest BCUT2D eigenvalue weighted by molar-refractivity contribution is 7.92. The van der Waals surface area contributed by atoms with E-state index in [1.165, 1.54) is 0 Å². The Labute approximate surface area is 161 Å². The van der Waals surface area contributed by atoms with Gasteiger partial charge in [0.2, 0.25) is 15.9 Å². The third-order valence-electron chi connectivity index (χ3n) is 3.95. The number of hydrogen-bond acceptors (Lipinski definition) is 4. The molecule has 2 aromatic rings. The first-order chi connectivity index (χ1) is 12.8. The van der Waals surface area contributed by atoms with E-state index >= 15 is 0 Å². The van der Waals surface area contributed by atoms with E-state index in [9.17, 15) is 13.2 Å². The maximum absolute atomic E-state index is 12.2. The molecule has 0 atom stereocenters. The third kappa shape index (κ3) is 6.29. The molecule has 0 unspecified atom stereocenters. The highest BCUT2D eigenvalue weighted by Crippen LogP contribution is 2.25. The lowest BCUT2D eigenvalue weighted by molar-refractivity contribution is -0.119. The van der Waals surface area contributed by atoms with Gasteiger partial charge in [-0.25, -0.2) is 8.42 Å². The molecule has 0 spiro atoms. The van der Waals surface area contributed by atoms with Gasteiger partial charge in [-0.3, -0.25) is 9.10 Å². The van der Waals surface area contributed by atoms with Crippen molar-refractivity contribution in [2.45, 2.75) is 19.8 Å². The van der Waals surface area contributed by atoms with E-state index in [1.807, 2.05) is 24.3 Å². The monoisotopic (exact) mass is 390 g/mol. The maximum atomic E-state index is 12.2. The smallest absolute Gasteiger partial charge is 0.240 e. The van der Waals surface area contributed by atoms with Crippen LogP contribution in [0.25, 0.3) is 0 Å². The molecule has 0 radical (unpaired) electrons. The summed E-state index contributed by atoms with van der Waals surface area (Å²) in [5.41, 5.74) is 1.56. The first kappa shape index (κ1) is 20.8. The van der Waals surface area contributed by atoms with E-state index in [0.29, 0.717) is 18.2 Å². The molecule has 0 saturated heterocycles. The molecule has 2 rings (SSSR count). The lowest BCUT2D eigenvalue weighted by Gasteiger charge is -2.21. The first-order valence-corrected chi connectivity index (χ1v) is 10.6. The fourth-order valence-electron chi connectivity index (χ4n) is 2.62. The van der Waals surface area contributed by atoms with Gasteiger partial charge in [0.05, 0.1) is 18.5 Å². The number of carbonyl (C=O) groups is 1. The molecule has 0 bridgehead atoms. The second-order valence-electron chi connectivity index (χ2n) is 6.50. The molecular formula is C20H26N2O4S. The summed E-state index contributed by atoms with van der Waals surface area (Å²) in [6.07, 6.45) is 1.08. The van der Waals surface area contributed by atoms with Gasteiger partial charge in [-0.15, -0.1) is 0 Å². The quantitative estimate of drug-likeness (QED) is 0.668. The molecule has 0 aliphatic rings. The number of benzene rings is 2. The molecule has 1 N–H and O–H groups in total. The van der Waals surface area contributed by atoms with E-state index < -0.39 is 10.0 Å². The van der Waals surface area contributed by atoms with E-state index in [4.69, 9.17) is 4.74 Å². The Bertz CT molecular complexity index is 851. The number of sulfonamides is 1. The van der Waals surface area contributed by atoms with Crippen molar-refractivity contribution in [2.75, 3.05) is 30.3 Å². The van der Waals surface area contributed by atoms with Crippen LogP contribution in [0.5, 0.6) is 5.75 Å². The van der Waals surface area contributed by atoms with Crippen LogP contribution < -0.4 is 14.4 Å². The van der Waals surface area contributed by atoms with Gasteiger partial charge in [0.15, 0.2) is 0 Å². The number of carbonyl (C=O) groups excluding carboxylic acids is 1. The second-order valence-corrected chi connectivity index (χ2v) is 8.40. The lowest BCUT2D eigenvalue weighted by Crippen LogP contribution is -2.41. The zero-order valence-corrected chi connectivity index (χ0v) is 16.7. The Morgan fingerprint density at radius 1 is 1.07 bits per heavy atom. The minimum Gasteiger partial charge on any atom is -0.491 e. The van der Waals surface area contributed by atoms with Crippen molar-refractivity contribution in [3.8, 4) is 5.75 Å². The van der Waals surface area contributed by atoms with Crippen LogP contribution in [0.15, 0.2) is 54.6 Å². The summed E-state index contributed by atoms with van der Waals surface area (Å²) < 4.78 is 30.8. The summed E-state index contributed by atoms with van der Waals surface area (Å²) in [5.74, 6) is 0.749. The van der Waals surface area contributed by atoms with Gasteiger partial charge < -0.3 is 10.1 Å². The number of ether oxygens (including phenoxy) is 1. The average Bonchev–Trinajstić information content (AvgIpc) is 2.63. The van der Waals surface area contributed by atoms with Crippen LogP contribution in [0.1, 0.15) is 25.3 Å². The Morgan fingerprint density at radius 3 is 2.33 bits per heavy atom. The van der Waals surface area contributed by atoms with Gasteiger partial charge in [-0.2, -0.15) is 0 Å². The zero-order chi connectivity index (χ0) is 19.9. The average molecular weight is 391 g/mol. The number of nitrogens with one attached hydrogen (secondary N) is 1. The highest BCUT2D eigenvalue weighted by Gasteiger charge is 2.20. The molecule has 1 amide bonds. The molecule has 0 aliphatic carbocycles. The molecule has 6 nitrogen and oxygen atoms in total. The molecule has 0 fully saturated rings. The Balaban J connectivity index is 1.88. The molecule has 146 valence electrons. The van der Waals surface area contributed by atoms with Gasteiger partial charge >= 0.3 is 0 Å². The van der Waals surface area contributed by atoms with Crippen LogP contribution in [0.2, 0.25) is 0 Å². The van der Waals surface area contributed by atoms with Gasteiger partial charge in [0.1, 0.15) is 18.9 Å². The fourth-order valence-corrected chi connectivity index (χ4v) is 3.48. The lowest BCUT2D eigenvalue weighted by atomic mass is 10.0. The van der Waals surface area contributed by atoms with Crippen molar-refractivity contribution in [1.29, 1.82) is 0 Å². The van der Waals surface area contributed by atoms with Crippen molar-refractivity contribution in [1.82, 2.24) is 5.32 Å². The van der Waals surface area contributed by atoms with Crippen molar-refractivity contribution in [3.05, 3.63) is 60.2 Å². The van der Waals surface area contributed by atoms with Gasteiger partial charge in [-0.1, -0.05) is 50.2 Å². The van der Waals surface area contributed by atoms with Crippen molar-refractivity contribution in [2.24, 2.45) is 0 Å². The third-order valence-corrected chi connectivity index (χ3v) is 5.10. The molecule has 7 heteroatoms.